The van der Waals surface area contributed by atoms with Crippen molar-refractivity contribution >= 4 is 11.6 Å². The van der Waals surface area contributed by atoms with Crippen LogP contribution in [0.15, 0.2) is 60.7 Å². The zero-order valence-corrected chi connectivity index (χ0v) is 21.5. The fraction of sp³-hybridized carbons (Fsp3) is 0.400. The Morgan fingerprint density at radius 2 is 1.86 bits per heavy atom. The molecule has 36 heavy (non-hydrogen) atoms. The third-order valence-corrected chi connectivity index (χ3v) is 7.40. The lowest BCUT2D eigenvalue weighted by Gasteiger charge is -2.32. The molecule has 2 aliphatic rings. The second-order valence-electron chi connectivity index (χ2n) is 10.4. The van der Waals surface area contributed by atoms with Gasteiger partial charge in [-0.15, -0.1) is 0 Å². The Morgan fingerprint density at radius 1 is 1.06 bits per heavy atom. The SMILES string of the molecule is Cc1ccc2c(c1)OC(C)(COc1ccc(Cc3cc(C4CC(O)CC(CO)O4)ccc3Cl)cc1)C2. The highest BCUT2D eigenvalue weighted by molar-refractivity contribution is 6.31. The Morgan fingerprint density at radius 3 is 2.64 bits per heavy atom. The van der Waals surface area contributed by atoms with E-state index >= 15 is 0 Å². The largest absolute Gasteiger partial charge is 0.489 e. The van der Waals surface area contributed by atoms with Crippen LogP contribution in [0.3, 0.4) is 0 Å². The van der Waals surface area contributed by atoms with E-state index in [9.17, 15) is 10.2 Å². The van der Waals surface area contributed by atoms with Crippen LogP contribution in [0.5, 0.6) is 11.5 Å². The van der Waals surface area contributed by atoms with E-state index in [2.05, 4.69) is 44.2 Å². The highest BCUT2D eigenvalue weighted by Gasteiger charge is 2.35. The van der Waals surface area contributed by atoms with Crippen molar-refractivity contribution in [3.63, 3.8) is 0 Å². The van der Waals surface area contributed by atoms with Gasteiger partial charge in [0, 0.05) is 24.3 Å². The van der Waals surface area contributed by atoms with Crippen molar-refractivity contribution in [2.75, 3.05) is 13.2 Å². The molecule has 0 saturated carbocycles. The van der Waals surface area contributed by atoms with E-state index in [1.807, 2.05) is 30.3 Å². The number of fused-ring (bicyclic) bond motifs is 1. The van der Waals surface area contributed by atoms with Crippen LogP contribution in [0.2, 0.25) is 5.02 Å². The molecule has 6 heteroatoms. The van der Waals surface area contributed by atoms with Crippen LogP contribution in [0, 0.1) is 6.92 Å². The van der Waals surface area contributed by atoms with Gasteiger partial charge in [0.2, 0.25) is 0 Å². The summed E-state index contributed by atoms with van der Waals surface area (Å²) in [5, 5.41) is 20.3. The van der Waals surface area contributed by atoms with Gasteiger partial charge in [0.1, 0.15) is 23.7 Å². The normalized spacial score (nSPS) is 25.3. The van der Waals surface area contributed by atoms with Crippen LogP contribution in [0.1, 0.15) is 53.7 Å². The van der Waals surface area contributed by atoms with Crippen molar-refractivity contribution in [2.24, 2.45) is 0 Å². The summed E-state index contributed by atoms with van der Waals surface area (Å²) in [6.45, 7) is 4.53. The molecule has 0 aliphatic carbocycles. The monoisotopic (exact) mass is 508 g/mol. The molecule has 1 saturated heterocycles. The highest BCUT2D eigenvalue weighted by Crippen LogP contribution is 2.36. The van der Waals surface area contributed by atoms with E-state index in [1.54, 1.807) is 0 Å². The topological polar surface area (TPSA) is 68.2 Å². The summed E-state index contributed by atoms with van der Waals surface area (Å²) < 4.78 is 18.3. The first-order valence-corrected chi connectivity index (χ1v) is 12.9. The maximum Gasteiger partial charge on any atom is 0.144 e. The first kappa shape index (κ1) is 25.1. The fourth-order valence-electron chi connectivity index (χ4n) is 5.10. The molecule has 190 valence electrons. The standard InChI is InChI=1S/C30H33ClO5/c1-19-3-6-22-16-30(2,36-29(22)11-19)18-34-25-8-4-20(5-9-25)12-23-13-21(7-10-27(23)31)28-15-24(33)14-26(17-32)35-28/h3-11,13,24,26,28,32-33H,12,14-18H2,1-2H3. The van der Waals surface area contributed by atoms with Crippen LogP contribution in [0.4, 0.5) is 0 Å². The molecule has 4 unspecified atom stereocenters. The molecule has 1 fully saturated rings. The van der Waals surface area contributed by atoms with Crippen molar-refractivity contribution in [1.82, 2.24) is 0 Å². The second kappa shape index (κ2) is 10.4. The van der Waals surface area contributed by atoms with E-state index in [4.69, 9.17) is 25.8 Å². The molecule has 5 rings (SSSR count). The Balaban J connectivity index is 1.21. The predicted molar refractivity (Wildman–Crippen MR) is 140 cm³/mol. The van der Waals surface area contributed by atoms with Crippen LogP contribution in [0.25, 0.3) is 0 Å². The van der Waals surface area contributed by atoms with Crippen LogP contribution in [-0.2, 0) is 17.6 Å². The smallest absolute Gasteiger partial charge is 0.144 e. The maximum absolute atomic E-state index is 10.2. The third-order valence-electron chi connectivity index (χ3n) is 7.03. The number of halogens is 1. The minimum atomic E-state index is -0.484. The molecule has 2 aliphatic heterocycles. The summed E-state index contributed by atoms with van der Waals surface area (Å²) in [6.07, 6.45) is 1.38. The number of aryl methyl sites for hydroxylation is 1. The predicted octanol–water partition coefficient (Wildman–Crippen LogP) is 5.59. The summed E-state index contributed by atoms with van der Waals surface area (Å²) in [6, 6.07) is 20.3. The van der Waals surface area contributed by atoms with Gasteiger partial charge in [-0.05, 0) is 72.4 Å². The lowest BCUT2D eigenvalue weighted by molar-refractivity contribution is -0.113. The Bertz CT molecular complexity index is 1210. The van der Waals surface area contributed by atoms with Crippen LogP contribution in [-0.4, -0.2) is 41.2 Å². The van der Waals surface area contributed by atoms with Gasteiger partial charge in [0.05, 0.1) is 24.9 Å². The summed E-state index contributed by atoms with van der Waals surface area (Å²) in [7, 11) is 0. The van der Waals surface area contributed by atoms with Gasteiger partial charge in [-0.1, -0.05) is 48.0 Å². The van der Waals surface area contributed by atoms with Crippen molar-refractivity contribution in [2.45, 2.75) is 63.4 Å². The van der Waals surface area contributed by atoms with Gasteiger partial charge in [0.25, 0.3) is 0 Å². The molecule has 3 aromatic rings. The van der Waals surface area contributed by atoms with Gasteiger partial charge >= 0.3 is 0 Å². The van der Waals surface area contributed by atoms with E-state index in [1.165, 1.54) is 11.1 Å². The van der Waals surface area contributed by atoms with Gasteiger partial charge in [0.15, 0.2) is 0 Å². The molecular formula is C30H33ClO5. The summed E-state index contributed by atoms with van der Waals surface area (Å²) in [4.78, 5) is 0. The van der Waals surface area contributed by atoms with E-state index in [0.717, 1.165) is 34.6 Å². The number of aliphatic hydroxyl groups excluding tert-OH is 2. The fourth-order valence-corrected chi connectivity index (χ4v) is 5.28. The van der Waals surface area contributed by atoms with Gasteiger partial charge in [-0.25, -0.2) is 0 Å². The third kappa shape index (κ3) is 5.70. The van der Waals surface area contributed by atoms with Crippen molar-refractivity contribution in [3.8, 4) is 11.5 Å². The lowest BCUT2D eigenvalue weighted by atomic mass is 9.94. The van der Waals surface area contributed by atoms with Gasteiger partial charge < -0.3 is 24.4 Å². The van der Waals surface area contributed by atoms with Gasteiger partial charge in [-0.2, -0.15) is 0 Å². The van der Waals surface area contributed by atoms with E-state index in [0.29, 0.717) is 30.9 Å². The Hall–Kier alpha value is -2.57. The Kier molecular flexibility index (Phi) is 7.27. The zero-order valence-electron chi connectivity index (χ0n) is 20.7. The average Bonchev–Trinajstić information content (AvgIpc) is 3.20. The number of benzene rings is 3. The maximum atomic E-state index is 10.2. The molecule has 0 aromatic heterocycles. The molecule has 0 radical (unpaired) electrons. The van der Waals surface area contributed by atoms with Crippen molar-refractivity contribution < 1.29 is 24.4 Å². The van der Waals surface area contributed by atoms with Crippen LogP contribution < -0.4 is 9.47 Å². The van der Waals surface area contributed by atoms with Crippen molar-refractivity contribution in [1.29, 1.82) is 0 Å². The van der Waals surface area contributed by atoms with Crippen molar-refractivity contribution in [3.05, 3.63) is 93.5 Å². The number of aliphatic hydroxyl groups is 2. The molecule has 3 aromatic carbocycles. The summed E-state index contributed by atoms with van der Waals surface area (Å²) in [5.74, 6) is 1.76. The minimum absolute atomic E-state index is 0.0969. The van der Waals surface area contributed by atoms with Crippen LogP contribution >= 0.6 is 11.6 Å². The number of ether oxygens (including phenoxy) is 3. The summed E-state index contributed by atoms with van der Waals surface area (Å²) in [5.41, 5.74) is 5.11. The molecule has 0 amide bonds. The first-order valence-electron chi connectivity index (χ1n) is 12.5. The number of rotatable bonds is 7. The van der Waals surface area contributed by atoms with Gasteiger partial charge in [-0.3, -0.25) is 0 Å². The zero-order chi connectivity index (χ0) is 25.3. The van der Waals surface area contributed by atoms with E-state index < -0.39 is 6.10 Å². The summed E-state index contributed by atoms with van der Waals surface area (Å²) >= 11 is 6.52. The van der Waals surface area contributed by atoms with E-state index in [-0.39, 0.29) is 24.4 Å². The molecule has 2 heterocycles. The molecule has 4 atom stereocenters. The molecule has 0 spiro atoms. The quantitative estimate of drug-likeness (QED) is 0.435. The number of hydrogen-bond donors (Lipinski definition) is 2. The molecule has 5 nitrogen and oxygen atoms in total. The lowest BCUT2D eigenvalue weighted by Crippen LogP contribution is -2.37. The number of hydrogen-bond acceptors (Lipinski definition) is 5. The average molecular weight is 509 g/mol. The minimum Gasteiger partial charge on any atom is -0.489 e. The molecule has 0 bridgehead atoms. The highest BCUT2D eigenvalue weighted by atomic mass is 35.5. The first-order chi connectivity index (χ1) is 17.3. The Labute approximate surface area is 217 Å². The second-order valence-corrected chi connectivity index (χ2v) is 10.8. The molecule has 2 N–H and O–H groups in total. The molecular weight excluding hydrogens is 476 g/mol.